The zero-order valence-electron chi connectivity index (χ0n) is 11.2. The summed E-state index contributed by atoms with van der Waals surface area (Å²) in [6, 6.07) is 14.6. The second-order valence-corrected chi connectivity index (χ2v) is 5.40. The number of benzene rings is 2. The molecule has 0 fully saturated rings. The summed E-state index contributed by atoms with van der Waals surface area (Å²) in [5.74, 6) is 0.894. The number of rotatable bonds is 5. The minimum Gasteiger partial charge on any atom is -0.497 e. The molecule has 100 valence electrons. The quantitative estimate of drug-likeness (QED) is 0.897. The predicted molar refractivity (Wildman–Crippen MR) is 82.4 cm³/mol. The third-order valence-electron chi connectivity index (χ3n) is 3.01. The van der Waals surface area contributed by atoms with Crippen LogP contribution in [-0.2, 0) is 13.1 Å². The summed E-state index contributed by atoms with van der Waals surface area (Å²) in [5, 5.41) is 3.44. The lowest BCUT2D eigenvalue weighted by Crippen LogP contribution is -2.13. The van der Waals surface area contributed by atoms with E-state index in [1.54, 1.807) is 7.11 Å². The monoisotopic (exact) mass is 319 g/mol. The average Bonchev–Trinajstić information content (AvgIpc) is 2.42. The van der Waals surface area contributed by atoms with Gasteiger partial charge >= 0.3 is 0 Å². The van der Waals surface area contributed by atoms with Gasteiger partial charge in [0.1, 0.15) is 5.75 Å². The van der Waals surface area contributed by atoms with E-state index in [2.05, 4.69) is 58.5 Å². The average molecular weight is 320 g/mol. The summed E-state index contributed by atoms with van der Waals surface area (Å²) >= 11 is 3.60. The van der Waals surface area contributed by atoms with E-state index in [0.29, 0.717) is 0 Å². The van der Waals surface area contributed by atoms with Crippen LogP contribution in [0.15, 0.2) is 46.9 Å². The Morgan fingerprint density at radius 2 is 1.79 bits per heavy atom. The van der Waals surface area contributed by atoms with E-state index in [9.17, 15) is 0 Å². The molecule has 3 heteroatoms. The van der Waals surface area contributed by atoms with Crippen LogP contribution in [0.2, 0.25) is 0 Å². The number of methoxy groups -OCH3 is 1. The van der Waals surface area contributed by atoms with Crippen molar-refractivity contribution in [2.24, 2.45) is 0 Å². The molecule has 0 spiro atoms. The van der Waals surface area contributed by atoms with Crippen LogP contribution in [0, 0.1) is 6.92 Å². The summed E-state index contributed by atoms with van der Waals surface area (Å²) < 4.78 is 6.31. The van der Waals surface area contributed by atoms with Crippen molar-refractivity contribution in [1.29, 1.82) is 0 Å². The SMILES string of the molecule is COc1ccc(CNCc2ccc(C)cc2Br)cc1. The largest absolute Gasteiger partial charge is 0.497 e. The molecule has 0 bridgehead atoms. The summed E-state index contributed by atoms with van der Waals surface area (Å²) in [4.78, 5) is 0. The zero-order chi connectivity index (χ0) is 13.7. The Kier molecular flexibility index (Phi) is 5.00. The molecule has 0 radical (unpaired) electrons. The van der Waals surface area contributed by atoms with Crippen molar-refractivity contribution in [1.82, 2.24) is 5.32 Å². The van der Waals surface area contributed by atoms with Crippen LogP contribution in [-0.4, -0.2) is 7.11 Å². The maximum absolute atomic E-state index is 5.14. The van der Waals surface area contributed by atoms with Crippen LogP contribution in [0.1, 0.15) is 16.7 Å². The first-order valence-electron chi connectivity index (χ1n) is 6.27. The number of ether oxygens (including phenoxy) is 1. The Hall–Kier alpha value is -1.32. The van der Waals surface area contributed by atoms with Crippen molar-refractivity contribution in [2.45, 2.75) is 20.0 Å². The Balaban J connectivity index is 1.88. The van der Waals surface area contributed by atoms with E-state index in [0.717, 1.165) is 23.3 Å². The topological polar surface area (TPSA) is 21.3 Å². The number of hydrogen-bond donors (Lipinski definition) is 1. The number of nitrogens with one attached hydrogen (secondary N) is 1. The van der Waals surface area contributed by atoms with Crippen LogP contribution < -0.4 is 10.1 Å². The molecule has 19 heavy (non-hydrogen) atoms. The van der Waals surface area contributed by atoms with Gasteiger partial charge < -0.3 is 10.1 Å². The maximum Gasteiger partial charge on any atom is 0.118 e. The number of halogens is 1. The second-order valence-electron chi connectivity index (χ2n) is 4.55. The first-order valence-corrected chi connectivity index (χ1v) is 7.07. The maximum atomic E-state index is 5.14. The summed E-state index contributed by atoms with van der Waals surface area (Å²) in [7, 11) is 1.68. The minimum absolute atomic E-state index is 0.851. The van der Waals surface area contributed by atoms with Crippen LogP contribution in [0.25, 0.3) is 0 Å². The van der Waals surface area contributed by atoms with Gasteiger partial charge in [-0.25, -0.2) is 0 Å². The van der Waals surface area contributed by atoms with Gasteiger partial charge in [0.05, 0.1) is 7.11 Å². The highest BCUT2D eigenvalue weighted by atomic mass is 79.9. The first-order chi connectivity index (χ1) is 9.19. The fourth-order valence-corrected chi connectivity index (χ4v) is 2.51. The van der Waals surface area contributed by atoms with E-state index < -0.39 is 0 Å². The van der Waals surface area contributed by atoms with Crippen molar-refractivity contribution in [3.8, 4) is 5.75 Å². The molecule has 0 saturated carbocycles. The third-order valence-corrected chi connectivity index (χ3v) is 3.75. The van der Waals surface area contributed by atoms with E-state index in [1.807, 2.05) is 12.1 Å². The highest BCUT2D eigenvalue weighted by Gasteiger charge is 2.00. The van der Waals surface area contributed by atoms with Crippen LogP contribution >= 0.6 is 15.9 Å². The normalized spacial score (nSPS) is 10.5. The molecule has 2 rings (SSSR count). The first kappa shape index (κ1) is 14.1. The molecule has 2 aromatic carbocycles. The Morgan fingerprint density at radius 1 is 1.05 bits per heavy atom. The lowest BCUT2D eigenvalue weighted by molar-refractivity contribution is 0.414. The van der Waals surface area contributed by atoms with Crippen LogP contribution in [0.5, 0.6) is 5.75 Å². The minimum atomic E-state index is 0.851. The molecule has 0 aliphatic rings. The van der Waals surface area contributed by atoms with E-state index >= 15 is 0 Å². The van der Waals surface area contributed by atoms with Crippen molar-refractivity contribution in [2.75, 3.05) is 7.11 Å². The zero-order valence-corrected chi connectivity index (χ0v) is 12.8. The predicted octanol–water partition coefficient (Wildman–Crippen LogP) is 4.06. The molecule has 0 aliphatic carbocycles. The van der Waals surface area contributed by atoms with Gasteiger partial charge in [0.2, 0.25) is 0 Å². The molecule has 0 aromatic heterocycles. The third kappa shape index (κ3) is 4.08. The van der Waals surface area contributed by atoms with Gasteiger partial charge in [-0.1, -0.05) is 40.2 Å². The van der Waals surface area contributed by atoms with Gasteiger partial charge in [-0.15, -0.1) is 0 Å². The van der Waals surface area contributed by atoms with Crippen LogP contribution in [0.4, 0.5) is 0 Å². The summed E-state index contributed by atoms with van der Waals surface area (Å²) in [6.45, 7) is 3.80. The van der Waals surface area contributed by atoms with Crippen molar-refractivity contribution >= 4 is 15.9 Å². The standard InChI is InChI=1S/C16H18BrNO/c1-12-3-6-14(16(17)9-12)11-18-10-13-4-7-15(19-2)8-5-13/h3-9,18H,10-11H2,1-2H3. The molecule has 0 heterocycles. The van der Waals surface area contributed by atoms with E-state index in [1.165, 1.54) is 16.7 Å². The Morgan fingerprint density at radius 3 is 2.42 bits per heavy atom. The number of hydrogen-bond acceptors (Lipinski definition) is 2. The molecule has 2 nitrogen and oxygen atoms in total. The molecule has 0 saturated heterocycles. The van der Waals surface area contributed by atoms with Gasteiger partial charge in [-0.05, 0) is 41.8 Å². The fraction of sp³-hybridized carbons (Fsp3) is 0.250. The van der Waals surface area contributed by atoms with Crippen LogP contribution in [0.3, 0.4) is 0 Å². The fourth-order valence-electron chi connectivity index (χ4n) is 1.88. The molecular formula is C16H18BrNO. The van der Waals surface area contributed by atoms with Gasteiger partial charge in [0.25, 0.3) is 0 Å². The van der Waals surface area contributed by atoms with Crippen molar-refractivity contribution in [3.63, 3.8) is 0 Å². The molecular weight excluding hydrogens is 302 g/mol. The summed E-state index contributed by atoms with van der Waals surface area (Å²) in [5.41, 5.74) is 3.80. The highest BCUT2D eigenvalue weighted by Crippen LogP contribution is 2.18. The molecule has 0 unspecified atom stereocenters. The number of aryl methyl sites for hydroxylation is 1. The molecule has 2 aromatic rings. The van der Waals surface area contributed by atoms with Crippen molar-refractivity contribution in [3.05, 3.63) is 63.6 Å². The molecule has 0 amide bonds. The Labute approximate surface area is 122 Å². The lowest BCUT2D eigenvalue weighted by atomic mass is 10.1. The van der Waals surface area contributed by atoms with Gasteiger partial charge in [-0.3, -0.25) is 0 Å². The lowest BCUT2D eigenvalue weighted by Gasteiger charge is -2.08. The van der Waals surface area contributed by atoms with E-state index in [4.69, 9.17) is 4.74 Å². The van der Waals surface area contributed by atoms with Gasteiger partial charge in [-0.2, -0.15) is 0 Å². The molecule has 0 atom stereocenters. The smallest absolute Gasteiger partial charge is 0.118 e. The summed E-state index contributed by atoms with van der Waals surface area (Å²) in [6.07, 6.45) is 0. The Bertz CT molecular complexity index is 537. The van der Waals surface area contributed by atoms with Gasteiger partial charge in [0, 0.05) is 17.6 Å². The van der Waals surface area contributed by atoms with Gasteiger partial charge in [0.15, 0.2) is 0 Å². The van der Waals surface area contributed by atoms with Crippen molar-refractivity contribution < 1.29 is 4.74 Å². The molecule has 1 N–H and O–H groups in total. The highest BCUT2D eigenvalue weighted by molar-refractivity contribution is 9.10. The van der Waals surface area contributed by atoms with E-state index in [-0.39, 0.29) is 0 Å². The molecule has 0 aliphatic heterocycles. The second kappa shape index (κ2) is 6.73.